The Morgan fingerprint density at radius 1 is 1.19 bits per heavy atom. The summed E-state index contributed by atoms with van der Waals surface area (Å²) in [6.45, 7) is 2.00. The Morgan fingerprint density at radius 2 is 1.86 bits per heavy atom. The molecule has 0 aliphatic carbocycles. The number of hydrogen-bond acceptors (Lipinski definition) is 6. The molecule has 6 nitrogen and oxygen atoms in total. The highest BCUT2D eigenvalue weighted by molar-refractivity contribution is 5.41. The first-order valence-corrected chi connectivity index (χ1v) is 6.64. The Kier molecular flexibility index (Phi) is 4.52. The number of halogens is 1. The van der Waals surface area contributed by atoms with E-state index in [-0.39, 0.29) is 17.8 Å². The SMILES string of the molecule is CC(Cc1ccc(F)cc1)Nc1nc(N)nc(N(C)C)n1. The van der Waals surface area contributed by atoms with Gasteiger partial charge >= 0.3 is 0 Å². The molecular formula is C14H19FN6. The highest BCUT2D eigenvalue weighted by Gasteiger charge is 2.09. The fraction of sp³-hybridized carbons (Fsp3) is 0.357. The van der Waals surface area contributed by atoms with Gasteiger partial charge in [-0.15, -0.1) is 0 Å². The minimum Gasteiger partial charge on any atom is -0.368 e. The topological polar surface area (TPSA) is 80.0 Å². The van der Waals surface area contributed by atoms with Gasteiger partial charge in [0.2, 0.25) is 17.8 Å². The van der Waals surface area contributed by atoms with Gasteiger partial charge in [-0.2, -0.15) is 15.0 Å². The van der Waals surface area contributed by atoms with Crippen molar-refractivity contribution in [2.45, 2.75) is 19.4 Å². The maximum Gasteiger partial charge on any atom is 0.231 e. The van der Waals surface area contributed by atoms with Crippen LogP contribution in [0.25, 0.3) is 0 Å². The fourth-order valence-corrected chi connectivity index (χ4v) is 1.89. The van der Waals surface area contributed by atoms with Gasteiger partial charge in [0, 0.05) is 20.1 Å². The van der Waals surface area contributed by atoms with E-state index in [0.717, 1.165) is 12.0 Å². The van der Waals surface area contributed by atoms with E-state index in [4.69, 9.17) is 5.73 Å². The number of aromatic nitrogens is 3. The van der Waals surface area contributed by atoms with Crippen molar-refractivity contribution in [3.8, 4) is 0 Å². The lowest BCUT2D eigenvalue weighted by Gasteiger charge is -2.16. The van der Waals surface area contributed by atoms with E-state index >= 15 is 0 Å². The van der Waals surface area contributed by atoms with Crippen LogP contribution in [0, 0.1) is 5.82 Å². The summed E-state index contributed by atoms with van der Waals surface area (Å²) in [6, 6.07) is 6.51. The predicted octanol–water partition coefficient (Wildman–Crippen LogP) is 1.70. The molecule has 3 N–H and O–H groups in total. The number of nitrogen functional groups attached to an aromatic ring is 1. The van der Waals surface area contributed by atoms with Crippen molar-refractivity contribution in [2.75, 3.05) is 30.0 Å². The molecule has 2 aromatic rings. The van der Waals surface area contributed by atoms with Crippen molar-refractivity contribution >= 4 is 17.8 Å². The smallest absolute Gasteiger partial charge is 0.231 e. The molecule has 1 aromatic heterocycles. The van der Waals surface area contributed by atoms with E-state index in [0.29, 0.717) is 11.9 Å². The largest absolute Gasteiger partial charge is 0.368 e. The second-order valence-corrected chi connectivity index (χ2v) is 5.09. The molecule has 1 aromatic carbocycles. The zero-order valence-electron chi connectivity index (χ0n) is 12.3. The Balaban J connectivity index is 2.05. The Bertz CT molecular complexity index is 599. The van der Waals surface area contributed by atoms with Gasteiger partial charge in [-0.05, 0) is 31.0 Å². The Labute approximate surface area is 123 Å². The number of nitrogens with zero attached hydrogens (tertiary/aromatic N) is 4. The highest BCUT2D eigenvalue weighted by Crippen LogP contribution is 2.12. The number of nitrogens with two attached hydrogens (primary N) is 1. The fourth-order valence-electron chi connectivity index (χ4n) is 1.89. The summed E-state index contributed by atoms with van der Waals surface area (Å²) in [5, 5.41) is 3.18. The molecule has 112 valence electrons. The van der Waals surface area contributed by atoms with Crippen LogP contribution in [0.1, 0.15) is 12.5 Å². The van der Waals surface area contributed by atoms with E-state index in [1.54, 1.807) is 17.0 Å². The molecule has 0 bridgehead atoms. The lowest BCUT2D eigenvalue weighted by Crippen LogP contribution is -2.22. The Hall–Kier alpha value is -2.44. The molecule has 0 fully saturated rings. The van der Waals surface area contributed by atoms with Gasteiger partial charge in [-0.1, -0.05) is 12.1 Å². The standard InChI is InChI=1S/C14H19FN6/c1-9(8-10-4-6-11(15)7-5-10)17-13-18-12(16)19-14(20-13)21(2)3/h4-7,9H,8H2,1-3H3,(H3,16,17,18,19,20). The van der Waals surface area contributed by atoms with Gasteiger partial charge < -0.3 is 16.0 Å². The number of rotatable bonds is 5. The van der Waals surface area contributed by atoms with Gasteiger partial charge in [0.15, 0.2) is 0 Å². The first-order chi connectivity index (χ1) is 9.94. The quantitative estimate of drug-likeness (QED) is 0.872. The minimum atomic E-state index is -0.236. The van der Waals surface area contributed by atoms with Crippen LogP contribution < -0.4 is 16.0 Å². The number of benzene rings is 1. The van der Waals surface area contributed by atoms with Crippen LogP contribution in [0.3, 0.4) is 0 Å². The Morgan fingerprint density at radius 3 is 2.48 bits per heavy atom. The van der Waals surface area contributed by atoms with Crippen LogP contribution in [0.5, 0.6) is 0 Å². The van der Waals surface area contributed by atoms with Crippen LogP contribution in [0.15, 0.2) is 24.3 Å². The normalized spacial score (nSPS) is 12.0. The summed E-state index contributed by atoms with van der Waals surface area (Å²) >= 11 is 0. The van der Waals surface area contributed by atoms with E-state index in [1.807, 2.05) is 21.0 Å². The van der Waals surface area contributed by atoms with Gasteiger partial charge in [-0.25, -0.2) is 4.39 Å². The van der Waals surface area contributed by atoms with Crippen LogP contribution in [-0.2, 0) is 6.42 Å². The molecule has 0 spiro atoms. The van der Waals surface area contributed by atoms with Crippen molar-refractivity contribution in [2.24, 2.45) is 0 Å². The van der Waals surface area contributed by atoms with Gasteiger partial charge in [0.25, 0.3) is 0 Å². The average Bonchev–Trinajstić information content (AvgIpc) is 2.40. The van der Waals surface area contributed by atoms with Crippen molar-refractivity contribution in [3.63, 3.8) is 0 Å². The molecule has 0 amide bonds. The lowest BCUT2D eigenvalue weighted by molar-refractivity contribution is 0.626. The average molecular weight is 290 g/mol. The van der Waals surface area contributed by atoms with Crippen LogP contribution >= 0.6 is 0 Å². The highest BCUT2D eigenvalue weighted by atomic mass is 19.1. The van der Waals surface area contributed by atoms with E-state index in [2.05, 4.69) is 20.3 Å². The zero-order chi connectivity index (χ0) is 15.4. The number of anilines is 3. The summed E-state index contributed by atoms with van der Waals surface area (Å²) < 4.78 is 12.9. The molecule has 21 heavy (non-hydrogen) atoms. The van der Waals surface area contributed by atoms with Crippen LogP contribution in [0.2, 0.25) is 0 Å². The summed E-state index contributed by atoms with van der Waals surface area (Å²) in [7, 11) is 3.67. The zero-order valence-corrected chi connectivity index (χ0v) is 12.3. The minimum absolute atomic E-state index is 0.0762. The van der Waals surface area contributed by atoms with Crippen LogP contribution in [0.4, 0.5) is 22.2 Å². The molecule has 1 heterocycles. The first kappa shape index (κ1) is 15.0. The molecule has 1 atom stereocenters. The summed E-state index contributed by atoms with van der Waals surface area (Å²) in [5.74, 6) is 0.866. The summed E-state index contributed by atoms with van der Waals surface area (Å²) in [6.07, 6.45) is 0.725. The molecule has 0 aliphatic rings. The van der Waals surface area contributed by atoms with E-state index < -0.39 is 0 Å². The second-order valence-electron chi connectivity index (χ2n) is 5.09. The maximum absolute atomic E-state index is 12.9. The monoisotopic (exact) mass is 290 g/mol. The van der Waals surface area contributed by atoms with Crippen molar-refractivity contribution < 1.29 is 4.39 Å². The molecule has 1 unspecified atom stereocenters. The van der Waals surface area contributed by atoms with E-state index in [9.17, 15) is 4.39 Å². The third kappa shape index (κ3) is 4.27. The summed E-state index contributed by atoms with van der Waals surface area (Å²) in [5.41, 5.74) is 6.71. The number of hydrogen-bond donors (Lipinski definition) is 2. The molecule has 7 heteroatoms. The van der Waals surface area contributed by atoms with Crippen molar-refractivity contribution in [3.05, 3.63) is 35.6 Å². The van der Waals surface area contributed by atoms with Gasteiger partial charge in [0.1, 0.15) is 5.82 Å². The van der Waals surface area contributed by atoms with Crippen molar-refractivity contribution in [1.29, 1.82) is 0 Å². The van der Waals surface area contributed by atoms with Gasteiger partial charge in [0.05, 0.1) is 0 Å². The lowest BCUT2D eigenvalue weighted by atomic mass is 10.1. The van der Waals surface area contributed by atoms with E-state index in [1.165, 1.54) is 12.1 Å². The summed E-state index contributed by atoms with van der Waals surface area (Å²) in [4.78, 5) is 14.1. The molecule has 0 saturated carbocycles. The van der Waals surface area contributed by atoms with Crippen molar-refractivity contribution in [1.82, 2.24) is 15.0 Å². The van der Waals surface area contributed by atoms with Gasteiger partial charge in [-0.3, -0.25) is 0 Å². The second kappa shape index (κ2) is 6.34. The predicted molar refractivity (Wildman–Crippen MR) is 81.8 cm³/mol. The number of nitrogens with one attached hydrogen (secondary N) is 1. The molecule has 2 rings (SSSR count). The molecular weight excluding hydrogens is 271 g/mol. The molecule has 0 radical (unpaired) electrons. The third-order valence-corrected chi connectivity index (χ3v) is 2.87. The molecule has 0 saturated heterocycles. The molecule has 0 aliphatic heterocycles. The maximum atomic E-state index is 12.9. The van der Waals surface area contributed by atoms with Crippen LogP contribution in [-0.4, -0.2) is 35.1 Å². The first-order valence-electron chi connectivity index (χ1n) is 6.64. The third-order valence-electron chi connectivity index (χ3n) is 2.87.